The summed E-state index contributed by atoms with van der Waals surface area (Å²) < 4.78 is 0. The van der Waals surface area contributed by atoms with Crippen LogP contribution in [-0.2, 0) is 11.2 Å². The highest BCUT2D eigenvalue weighted by Gasteiger charge is 2.23. The zero-order valence-electron chi connectivity index (χ0n) is 11.6. The molecule has 0 aliphatic heterocycles. The van der Waals surface area contributed by atoms with E-state index >= 15 is 0 Å². The van der Waals surface area contributed by atoms with Crippen LogP contribution in [0.4, 0.5) is 0 Å². The summed E-state index contributed by atoms with van der Waals surface area (Å²) >= 11 is 0. The van der Waals surface area contributed by atoms with Crippen molar-refractivity contribution in [2.75, 3.05) is 6.54 Å². The van der Waals surface area contributed by atoms with Crippen LogP contribution in [0.25, 0.3) is 0 Å². The molecule has 3 nitrogen and oxygen atoms in total. The molecule has 1 unspecified atom stereocenters. The molecule has 0 fully saturated rings. The van der Waals surface area contributed by atoms with Crippen LogP contribution in [0.5, 0.6) is 0 Å². The lowest BCUT2D eigenvalue weighted by Gasteiger charge is -2.27. The van der Waals surface area contributed by atoms with Crippen LogP contribution in [0.3, 0.4) is 0 Å². The van der Waals surface area contributed by atoms with E-state index in [4.69, 9.17) is 5.73 Å². The van der Waals surface area contributed by atoms with Gasteiger partial charge in [0, 0.05) is 12.1 Å². The van der Waals surface area contributed by atoms with E-state index in [0.717, 1.165) is 12.0 Å². The van der Waals surface area contributed by atoms with Gasteiger partial charge in [0.1, 0.15) is 0 Å². The van der Waals surface area contributed by atoms with Gasteiger partial charge in [0.15, 0.2) is 0 Å². The van der Waals surface area contributed by atoms with Crippen LogP contribution < -0.4 is 11.1 Å². The molecule has 3 N–H and O–H groups in total. The van der Waals surface area contributed by atoms with Crippen molar-refractivity contribution < 1.29 is 4.79 Å². The number of carbonyl (C=O) groups is 1. The van der Waals surface area contributed by atoms with E-state index in [1.807, 2.05) is 44.2 Å². The summed E-state index contributed by atoms with van der Waals surface area (Å²) in [5.41, 5.74) is 6.71. The van der Waals surface area contributed by atoms with Crippen molar-refractivity contribution in [2.24, 2.45) is 11.7 Å². The first-order chi connectivity index (χ1) is 8.48. The molecular weight excluding hydrogens is 224 g/mol. The Bertz CT molecular complexity index is 373. The molecule has 0 aromatic heterocycles. The average molecular weight is 248 g/mol. The quantitative estimate of drug-likeness (QED) is 0.810. The second-order valence-electron chi connectivity index (χ2n) is 5.35. The number of hydrogen-bond donors (Lipinski definition) is 2. The molecule has 1 amide bonds. The van der Waals surface area contributed by atoms with Gasteiger partial charge in [0.2, 0.25) is 5.91 Å². The monoisotopic (exact) mass is 248 g/mol. The number of rotatable bonds is 6. The predicted molar refractivity (Wildman–Crippen MR) is 75.2 cm³/mol. The first-order valence-electron chi connectivity index (χ1n) is 6.54. The highest BCUT2D eigenvalue weighted by Crippen LogP contribution is 2.12. The Hall–Kier alpha value is -1.35. The Balaban J connectivity index is 2.64. The van der Waals surface area contributed by atoms with Gasteiger partial charge in [0.05, 0.1) is 5.92 Å². The smallest absolute Gasteiger partial charge is 0.225 e. The van der Waals surface area contributed by atoms with Gasteiger partial charge in [-0.3, -0.25) is 4.79 Å². The maximum absolute atomic E-state index is 12.2. The molecule has 1 atom stereocenters. The third kappa shape index (κ3) is 4.49. The molecule has 100 valence electrons. The molecule has 3 heteroatoms. The second kappa shape index (κ2) is 6.55. The maximum Gasteiger partial charge on any atom is 0.225 e. The van der Waals surface area contributed by atoms with Gasteiger partial charge in [-0.15, -0.1) is 0 Å². The summed E-state index contributed by atoms with van der Waals surface area (Å²) in [5.74, 6) is -0.105. The lowest BCUT2D eigenvalue weighted by Crippen LogP contribution is -2.47. The number of amides is 1. The van der Waals surface area contributed by atoms with E-state index in [1.165, 1.54) is 0 Å². The van der Waals surface area contributed by atoms with Gasteiger partial charge in [-0.25, -0.2) is 0 Å². The molecule has 0 saturated heterocycles. The third-order valence-electron chi connectivity index (χ3n) is 3.33. The van der Waals surface area contributed by atoms with Gasteiger partial charge in [-0.2, -0.15) is 0 Å². The Morgan fingerprint density at radius 3 is 2.44 bits per heavy atom. The van der Waals surface area contributed by atoms with Crippen LogP contribution >= 0.6 is 0 Å². The maximum atomic E-state index is 12.2. The largest absolute Gasteiger partial charge is 0.351 e. The number of hydrogen-bond acceptors (Lipinski definition) is 2. The molecule has 0 aliphatic rings. The second-order valence-corrected chi connectivity index (χ2v) is 5.35. The minimum atomic E-state index is -0.165. The van der Waals surface area contributed by atoms with Gasteiger partial charge in [0.25, 0.3) is 0 Å². The highest BCUT2D eigenvalue weighted by atomic mass is 16.2. The lowest BCUT2D eigenvalue weighted by atomic mass is 9.95. The first-order valence-corrected chi connectivity index (χ1v) is 6.54. The summed E-state index contributed by atoms with van der Waals surface area (Å²) in [6.07, 6.45) is 1.60. The van der Waals surface area contributed by atoms with Crippen molar-refractivity contribution in [1.82, 2.24) is 5.32 Å². The summed E-state index contributed by atoms with van der Waals surface area (Å²) in [6, 6.07) is 10.00. The van der Waals surface area contributed by atoms with Crippen molar-refractivity contribution in [3.8, 4) is 0 Å². The molecule has 0 saturated carbocycles. The van der Waals surface area contributed by atoms with Crippen LogP contribution in [-0.4, -0.2) is 18.0 Å². The molecule has 0 radical (unpaired) electrons. The molecule has 18 heavy (non-hydrogen) atoms. The van der Waals surface area contributed by atoms with E-state index in [1.54, 1.807) is 0 Å². The number of benzene rings is 1. The van der Waals surface area contributed by atoms with Gasteiger partial charge in [-0.05, 0) is 32.3 Å². The molecule has 1 aromatic rings. The molecule has 0 spiro atoms. The fourth-order valence-corrected chi connectivity index (χ4v) is 1.71. The molecule has 1 rings (SSSR count). The Morgan fingerprint density at radius 2 is 1.94 bits per heavy atom. The minimum absolute atomic E-state index is 0.0493. The van der Waals surface area contributed by atoms with E-state index in [-0.39, 0.29) is 17.4 Å². The van der Waals surface area contributed by atoms with Gasteiger partial charge >= 0.3 is 0 Å². The van der Waals surface area contributed by atoms with Crippen molar-refractivity contribution >= 4 is 5.91 Å². The third-order valence-corrected chi connectivity index (χ3v) is 3.33. The van der Waals surface area contributed by atoms with E-state index in [0.29, 0.717) is 13.0 Å². The number of carbonyl (C=O) groups excluding carboxylic acids is 1. The van der Waals surface area contributed by atoms with E-state index in [2.05, 4.69) is 12.2 Å². The van der Waals surface area contributed by atoms with Crippen LogP contribution in [0.15, 0.2) is 30.3 Å². The van der Waals surface area contributed by atoms with Crippen molar-refractivity contribution in [3.63, 3.8) is 0 Å². The summed E-state index contributed by atoms with van der Waals surface area (Å²) in [5, 5.41) is 3.06. The minimum Gasteiger partial charge on any atom is -0.351 e. The van der Waals surface area contributed by atoms with E-state index in [9.17, 15) is 4.79 Å². The average Bonchev–Trinajstić information content (AvgIpc) is 2.36. The van der Waals surface area contributed by atoms with Crippen molar-refractivity contribution in [3.05, 3.63) is 35.9 Å². The zero-order valence-corrected chi connectivity index (χ0v) is 11.6. The lowest BCUT2D eigenvalue weighted by molar-refractivity contribution is -0.126. The fourth-order valence-electron chi connectivity index (χ4n) is 1.71. The van der Waals surface area contributed by atoms with Crippen molar-refractivity contribution in [1.29, 1.82) is 0 Å². The fraction of sp³-hybridized carbons (Fsp3) is 0.533. The summed E-state index contributed by atoms with van der Waals surface area (Å²) in [6.45, 7) is 6.50. The van der Waals surface area contributed by atoms with Crippen LogP contribution in [0.1, 0.15) is 32.8 Å². The van der Waals surface area contributed by atoms with E-state index < -0.39 is 0 Å². The summed E-state index contributed by atoms with van der Waals surface area (Å²) in [4.78, 5) is 12.2. The molecule has 0 bridgehead atoms. The van der Waals surface area contributed by atoms with Crippen molar-refractivity contribution in [2.45, 2.75) is 39.2 Å². The van der Waals surface area contributed by atoms with Crippen LogP contribution in [0.2, 0.25) is 0 Å². The predicted octanol–water partition coefficient (Wildman–Crippen LogP) is 2.11. The normalized spacial score (nSPS) is 13.1. The highest BCUT2D eigenvalue weighted by molar-refractivity contribution is 5.79. The number of nitrogens with two attached hydrogens (primary N) is 1. The molecule has 1 aromatic carbocycles. The molecule has 0 heterocycles. The molecular formula is C15H24N2O. The standard InChI is InChI=1S/C15H24N2O/c1-4-15(2,3)17-14(18)13(11-16)10-12-8-6-5-7-9-12/h5-9,13H,4,10-11,16H2,1-3H3,(H,17,18). The topological polar surface area (TPSA) is 55.1 Å². The molecule has 0 aliphatic carbocycles. The van der Waals surface area contributed by atoms with Gasteiger partial charge < -0.3 is 11.1 Å². The number of nitrogens with one attached hydrogen (secondary N) is 1. The Morgan fingerprint density at radius 1 is 1.33 bits per heavy atom. The Kier molecular flexibility index (Phi) is 5.35. The van der Waals surface area contributed by atoms with Gasteiger partial charge in [-0.1, -0.05) is 37.3 Å². The van der Waals surface area contributed by atoms with Crippen LogP contribution in [0, 0.1) is 5.92 Å². The Labute approximate surface area is 110 Å². The first kappa shape index (κ1) is 14.7. The zero-order chi connectivity index (χ0) is 13.6. The SMILES string of the molecule is CCC(C)(C)NC(=O)C(CN)Cc1ccccc1. The summed E-state index contributed by atoms with van der Waals surface area (Å²) in [7, 11) is 0.